The number of nitriles is 1. The molecule has 0 aliphatic carbocycles. The molecule has 0 N–H and O–H groups in total. The second kappa shape index (κ2) is 5.83. The lowest BCUT2D eigenvalue weighted by atomic mass is 10.2. The van der Waals surface area contributed by atoms with Gasteiger partial charge in [0.2, 0.25) is 0 Å². The average Bonchev–Trinajstić information content (AvgIpc) is 2.48. The summed E-state index contributed by atoms with van der Waals surface area (Å²) in [5, 5.41) is 16.9. The topological polar surface area (TPSA) is 62.0 Å². The van der Waals surface area contributed by atoms with Crippen LogP contribution in [-0.2, 0) is 6.54 Å². The zero-order chi connectivity index (χ0) is 13.7. The number of benzene rings is 1. The number of aromatic nitrogens is 2. The maximum atomic E-state index is 9.04. The van der Waals surface area contributed by atoms with Gasteiger partial charge in [-0.25, -0.2) is 0 Å². The number of rotatable bonds is 4. The Labute approximate surface area is 112 Å². The molecule has 19 heavy (non-hydrogen) atoms. The molecule has 0 radical (unpaired) electrons. The number of methoxy groups -OCH3 is 1. The fourth-order valence-corrected chi connectivity index (χ4v) is 1.77. The first-order valence-electron chi connectivity index (χ1n) is 5.80. The van der Waals surface area contributed by atoms with Gasteiger partial charge >= 0.3 is 0 Å². The highest BCUT2D eigenvalue weighted by molar-refractivity contribution is 5.52. The predicted molar refractivity (Wildman–Crippen MR) is 71.8 cm³/mol. The van der Waals surface area contributed by atoms with E-state index >= 15 is 0 Å². The number of hydrogen-bond donors (Lipinski definition) is 0. The fraction of sp³-hybridized carbons (Fsp3) is 0.214. The smallest absolute Gasteiger partial charge is 0.169 e. The third-order valence-electron chi connectivity index (χ3n) is 2.76. The van der Waals surface area contributed by atoms with Crippen LogP contribution >= 0.6 is 0 Å². The van der Waals surface area contributed by atoms with Crippen LogP contribution in [-0.4, -0.2) is 24.4 Å². The van der Waals surface area contributed by atoms with E-state index in [-0.39, 0.29) is 0 Å². The van der Waals surface area contributed by atoms with Crippen molar-refractivity contribution >= 4 is 5.82 Å². The van der Waals surface area contributed by atoms with Crippen molar-refractivity contribution in [3.8, 4) is 11.8 Å². The minimum Gasteiger partial charge on any atom is -0.497 e. The quantitative estimate of drug-likeness (QED) is 0.835. The maximum absolute atomic E-state index is 9.04. The lowest BCUT2D eigenvalue weighted by molar-refractivity contribution is 0.414. The van der Waals surface area contributed by atoms with Crippen molar-refractivity contribution in [3.05, 3.63) is 47.7 Å². The largest absolute Gasteiger partial charge is 0.497 e. The zero-order valence-corrected chi connectivity index (χ0v) is 10.9. The number of ether oxygens (including phenoxy) is 1. The molecule has 5 heteroatoms. The second-order valence-corrected chi connectivity index (χ2v) is 4.08. The van der Waals surface area contributed by atoms with Crippen LogP contribution in [0.2, 0.25) is 0 Å². The first kappa shape index (κ1) is 12.8. The summed E-state index contributed by atoms with van der Waals surface area (Å²) in [4.78, 5) is 1.90. The third kappa shape index (κ3) is 2.99. The van der Waals surface area contributed by atoms with Crippen LogP contribution < -0.4 is 9.64 Å². The Hall–Kier alpha value is -2.61. The Morgan fingerprint density at radius 2 is 2.00 bits per heavy atom. The van der Waals surface area contributed by atoms with E-state index in [1.54, 1.807) is 13.2 Å². The Kier molecular flexibility index (Phi) is 3.94. The van der Waals surface area contributed by atoms with Gasteiger partial charge in [-0.15, -0.1) is 5.10 Å². The van der Waals surface area contributed by atoms with E-state index < -0.39 is 0 Å². The Morgan fingerprint density at radius 3 is 2.63 bits per heavy atom. The van der Waals surface area contributed by atoms with Crippen molar-refractivity contribution in [1.29, 1.82) is 5.26 Å². The molecule has 0 fully saturated rings. The van der Waals surface area contributed by atoms with Gasteiger partial charge in [0.1, 0.15) is 11.8 Å². The summed E-state index contributed by atoms with van der Waals surface area (Å²) in [5.74, 6) is 1.41. The summed E-state index contributed by atoms with van der Waals surface area (Å²) in [6, 6.07) is 11.6. The summed E-state index contributed by atoms with van der Waals surface area (Å²) in [6.45, 7) is 0.650. The Bertz CT molecular complexity index is 589. The highest BCUT2D eigenvalue weighted by Gasteiger charge is 2.09. The van der Waals surface area contributed by atoms with Gasteiger partial charge in [0, 0.05) is 13.6 Å². The predicted octanol–water partition coefficient (Wildman–Crippen LogP) is 1.99. The van der Waals surface area contributed by atoms with Crippen LogP contribution in [0.1, 0.15) is 11.1 Å². The molecule has 0 spiro atoms. The molecule has 5 nitrogen and oxygen atoms in total. The van der Waals surface area contributed by atoms with E-state index in [0.29, 0.717) is 17.9 Å². The molecule has 1 aromatic heterocycles. The van der Waals surface area contributed by atoms with Gasteiger partial charge in [0.05, 0.1) is 18.9 Å². The molecule has 0 atom stereocenters. The highest BCUT2D eigenvalue weighted by atomic mass is 16.5. The molecule has 0 bridgehead atoms. The molecule has 0 saturated carbocycles. The fourth-order valence-electron chi connectivity index (χ4n) is 1.77. The molecular formula is C14H14N4O. The van der Waals surface area contributed by atoms with Crippen LogP contribution in [0.25, 0.3) is 0 Å². The monoisotopic (exact) mass is 254 g/mol. The van der Waals surface area contributed by atoms with Crippen LogP contribution in [0.15, 0.2) is 36.5 Å². The normalized spacial score (nSPS) is 9.74. The van der Waals surface area contributed by atoms with Crippen LogP contribution in [0.3, 0.4) is 0 Å². The summed E-state index contributed by atoms with van der Waals surface area (Å²) < 4.78 is 5.12. The van der Waals surface area contributed by atoms with Crippen molar-refractivity contribution < 1.29 is 4.74 Å². The molecule has 0 saturated heterocycles. The van der Waals surface area contributed by atoms with Crippen molar-refractivity contribution in [3.63, 3.8) is 0 Å². The molecule has 1 heterocycles. The van der Waals surface area contributed by atoms with Gasteiger partial charge in [0.25, 0.3) is 0 Å². The van der Waals surface area contributed by atoms with Gasteiger partial charge in [-0.1, -0.05) is 12.1 Å². The minimum absolute atomic E-state index is 0.519. The molecule has 2 aromatic rings. The summed E-state index contributed by atoms with van der Waals surface area (Å²) in [5.41, 5.74) is 1.63. The van der Waals surface area contributed by atoms with Crippen molar-refractivity contribution in [2.24, 2.45) is 0 Å². The summed E-state index contributed by atoms with van der Waals surface area (Å²) in [7, 11) is 3.52. The molecule has 2 rings (SSSR count). The average molecular weight is 254 g/mol. The lowest BCUT2D eigenvalue weighted by Crippen LogP contribution is -2.19. The van der Waals surface area contributed by atoms with E-state index in [0.717, 1.165) is 11.3 Å². The van der Waals surface area contributed by atoms with Gasteiger partial charge < -0.3 is 9.64 Å². The van der Waals surface area contributed by atoms with E-state index in [2.05, 4.69) is 16.3 Å². The third-order valence-corrected chi connectivity index (χ3v) is 2.76. The van der Waals surface area contributed by atoms with Gasteiger partial charge in [-0.3, -0.25) is 0 Å². The van der Waals surface area contributed by atoms with Crippen LogP contribution in [0.5, 0.6) is 5.75 Å². The van der Waals surface area contributed by atoms with E-state index in [1.165, 1.54) is 6.20 Å². The number of nitrogens with zero attached hydrogens (tertiary/aromatic N) is 4. The first-order chi connectivity index (χ1) is 9.24. The molecule has 0 unspecified atom stereocenters. The Balaban J connectivity index is 2.16. The number of anilines is 1. The highest BCUT2D eigenvalue weighted by Crippen LogP contribution is 2.18. The molecular weight excluding hydrogens is 240 g/mol. The second-order valence-electron chi connectivity index (χ2n) is 4.08. The van der Waals surface area contributed by atoms with Crippen molar-refractivity contribution in [2.75, 3.05) is 19.1 Å². The van der Waals surface area contributed by atoms with Crippen molar-refractivity contribution in [1.82, 2.24) is 10.2 Å². The van der Waals surface area contributed by atoms with Gasteiger partial charge in [-0.05, 0) is 23.8 Å². The first-order valence-corrected chi connectivity index (χ1v) is 5.80. The number of hydrogen-bond acceptors (Lipinski definition) is 5. The van der Waals surface area contributed by atoms with Gasteiger partial charge in [-0.2, -0.15) is 10.4 Å². The molecule has 0 aliphatic rings. The standard InChI is InChI=1S/C14H14N4O/c1-18(14-12(9-15)7-8-16-17-14)10-11-3-5-13(19-2)6-4-11/h3-8H,10H2,1-2H3. The van der Waals surface area contributed by atoms with E-state index in [1.807, 2.05) is 36.2 Å². The lowest BCUT2D eigenvalue weighted by Gasteiger charge is -2.18. The summed E-state index contributed by atoms with van der Waals surface area (Å²) in [6.07, 6.45) is 1.52. The maximum Gasteiger partial charge on any atom is 0.169 e. The molecule has 0 amide bonds. The SMILES string of the molecule is COc1ccc(CN(C)c2nnccc2C#N)cc1. The Morgan fingerprint density at radius 1 is 1.26 bits per heavy atom. The van der Waals surface area contributed by atoms with Crippen molar-refractivity contribution in [2.45, 2.75) is 6.54 Å². The molecule has 0 aliphatic heterocycles. The molecule has 1 aromatic carbocycles. The van der Waals surface area contributed by atoms with E-state index in [9.17, 15) is 0 Å². The molecule has 96 valence electrons. The van der Waals surface area contributed by atoms with Gasteiger partial charge in [0.15, 0.2) is 5.82 Å². The van der Waals surface area contributed by atoms with Crippen LogP contribution in [0, 0.1) is 11.3 Å². The zero-order valence-electron chi connectivity index (χ0n) is 10.9. The minimum atomic E-state index is 0.519. The van der Waals surface area contributed by atoms with Crippen LogP contribution in [0.4, 0.5) is 5.82 Å². The van der Waals surface area contributed by atoms with E-state index in [4.69, 9.17) is 10.00 Å². The summed E-state index contributed by atoms with van der Waals surface area (Å²) >= 11 is 0.